The summed E-state index contributed by atoms with van der Waals surface area (Å²) in [5, 5.41) is 8.86. The maximum absolute atomic E-state index is 13.1. The predicted molar refractivity (Wildman–Crippen MR) is 112 cm³/mol. The molecule has 0 aromatic heterocycles. The molecule has 6 heteroatoms. The van der Waals surface area contributed by atoms with Gasteiger partial charge in [0.15, 0.2) is 9.84 Å². The van der Waals surface area contributed by atoms with Gasteiger partial charge in [-0.2, -0.15) is 0 Å². The van der Waals surface area contributed by atoms with Gasteiger partial charge in [-0.25, -0.2) is 8.42 Å². The molecule has 1 aliphatic heterocycles. The maximum atomic E-state index is 13.1. The van der Waals surface area contributed by atoms with Crippen molar-refractivity contribution in [2.75, 3.05) is 0 Å². The minimum atomic E-state index is -3.56. The average Bonchev–Trinajstić information content (AvgIpc) is 2.55. The molecule has 0 unspecified atom stereocenters. The van der Waals surface area contributed by atoms with Gasteiger partial charge in [-0.15, -0.1) is 0 Å². The number of ether oxygens (including phenoxy) is 1. The zero-order chi connectivity index (χ0) is 21.6. The number of aryl methyl sites for hydroxylation is 1. The highest BCUT2D eigenvalue weighted by Gasteiger charge is 2.40. The third-order valence-corrected chi connectivity index (χ3v) is 6.98. The van der Waals surface area contributed by atoms with Gasteiger partial charge in [0.05, 0.1) is 17.1 Å². The number of sulfone groups is 1. The van der Waals surface area contributed by atoms with Gasteiger partial charge >= 0.3 is 5.97 Å². The third-order valence-electron chi connectivity index (χ3n) is 5.32. The summed E-state index contributed by atoms with van der Waals surface area (Å²) in [6.07, 6.45) is 0.712. The first kappa shape index (κ1) is 21.4. The zero-order valence-corrected chi connectivity index (χ0v) is 18.4. The monoisotopic (exact) mass is 416 g/mol. The van der Waals surface area contributed by atoms with E-state index in [-0.39, 0.29) is 23.2 Å². The standard InChI is InChI=1S/C23H28O5S/c1-15-10-18(12-19-21(15)28-23(4,5)14-22(19,2)3)29(26,27)13-17-8-6-16(7-9-17)11-20(24)25/h6-10,12H,11,13-14H2,1-5H3,(H,24,25). The lowest BCUT2D eigenvalue weighted by Crippen LogP contribution is -2.41. The summed E-state index contributed by atoms with van der Waals surface area (Å²) in [5.41, 5.74) is 2.51. The van der Waals surface area contributed by atoms with E-state index < -0.39 is 15.8 Å². The Morgan fingerprint density at radius 1 is 1.07 bits per heavy atom. The van der Waals surface area contributed by atoms with Crippen LogP contribution in [-0.4, -0.2) is 25.1 Å². The smallest absolute Gasteiger partial charge is 0.307 e. The van der Waals surface area contributed by atoms with Gasteiger partial charge in [0.1, 0.15) is 11.4 Å². The van der Waals surface area contributed by atoms with Crippen LogP contribution < -0.4 is 4.74 Å². The summed E-state index contributed by atoms with van der Waals surface area (Å²) in [6.45, 7) is 10.2. The number of benzene rings is 2. The van der Waals surface area contributed by atoms with E-state index in [1.54, 1.807) is 36.4 Å². The van der Waals surface area contributed by atoms with Crippen molar-refractivity contribution in [2.45, 2.75) is 69.1 Å². The first-order valence-electron chi connectivity index (χ1n) is 9.66. The number of hydrogen-bond donors (Lipinski definition) is 1. The fourth-order valence-electron chi connectivity index (χ4n) is 4.26. The number of carboxylic acid groups (broad SMARTS) is 1. The van der Waals surface area contributed by atoms with Crippen molar-refractivity contribution in [3.05, 3.63) is 58.7 Å². The molecule has 0 saturated carbocycles. The Morgan fingerprint density at radius 2 is 1.66 bits per heavy atom. The summed E-state index contributed by atoms with van der Waals surface area (Å²) in [5.74, 6) is -0.267. The minimum absolute atomic E-state index is 0.0809. The fraction of sp³-hybridized carbons (Fsp3) is 0.435. The molecule has 2 aromatic rings. The van der Waals surface area contributed by atoms with Crippen LogP contribution in [0.4, 0.5) is 0 Å². The first-order valence-corrected chi connectivity index (χ1v) is 11.3. The van der Waals surface area contributed by atoms with E-state index in [2.05, 4.69) is 27.7 Å². The molecule has 2 aromatic carbocycles. The molecule has 0 atom stereocenters. The van der Waals surface area contributed by atoms with Gasteiger partial charge < -0.3 is 9.84 Å². The van der Waals surface area contributed by atoms with Crippen LogP contribution in [0.2, 0.25) is 0 Å². The molecule has 0 bridgehead atoms. The van der Waals surface area contributed by atoms with Crippen molar-refractivity contribution >= 4 is 15.8 Å². The summed E-state index contributed by atoms with van der Waals surface area (Å²) in [7, 11) is -3.56. The van der Waals surface area contributed by atoms with Crippen molar-refractivity contribution < 1.29 is 23.1 Å². The molecule has 1 N–H and O–H groups in total. The Hall–Kier alpha value is -2.34. The Bertz CT molecular complexity index is 1050. The summed E-state index contributed by atoms with van der Waals surface area (Å²) in [6, 6.07) is 10.1. The molecule has 0 fully saturated rings. The topological polar surface area (TPSA) is 80.7 Å². The van der Waals surface area contributed by atoms with Crippen molar-refractivity contribution in [2.24, 2.45) is 0 Å². The molecule has 5 nitrogen and oxygen atoms in total. The fourth-order valence-corrected chi connectivity index (χ4v) is 5.71. The van der Waals surface area contributed by atoms with Gasteiger partial charge in [0.25, 0.3) is 0 Å². The van der Waals surface area contributed by atoms with Crippen molar-refractivity contribution in [3.63, 3.8) is 0 Å². The van der Waals surface area contributed by atoms with Crippen LogP contribution in [0.3, 0.4) is 0 Å². The van der Waals surface area contributed by atoms with E-state index in [1.165, 1.54) is 0 Å². The lowest BCUT2D eigenvalue weighted by Gasteiger charge is -2.43. The second kappa shape index (κ2) is 7.17. The molecule has 29 heavy (non-hydrogen) atoms. The molecule has 1 aliphatic rings. The number of carbonyl (C=O) groups is 1. The molecule has 0 aliphatic carbocycles. The molecule has 0 spiro atoms. The van der Waals surface area contributed by atoms with Crippen LogP contribution >= 0.6 is 0 Å². The molecule has 0 amide bonds. The molecule has 3 rings (SSSR count). The van der Waals surface area contributed by atoms with E-state index in [4.69, 9.17) is 9.84 Å². The van der Waals surface area contributed by atoms with Crippen LogP contribution in [0, 0.1) is 6.92 Å². The van der Waals surface area contributed by atoms with E-state index in [1.807, 2.05) is 6.92 Å². The third kappa shape index (κ3) is 4.64. The van der Waals surface area contributed by atoms with Gasteiger partial charge in [-0.05, 0) is 61.4 Å². The van der Waals surface area contributed by atoms with Crippen LogP contribution in [0.15, 0.2) is 41.3 Å². The average molecular weight is 417 g/mol. The number of fused-ring (bicyclic) bond motifs is 1. The molecular weight excluding hydrogens is 388 g/mol. The lowest BCUT2D eigenvalue weighted by atomic mass is 9.73. The first-order chi connectivity index (χ1) is 13.3. The normalized spacial score (nSPS) is 17.3. The molecule has 156 valence electrons. The Kier molecular flexibility index (Phi) is 5.28. The summed E-state index contributed by atoms with van der Waals surface area (Å²) in [4.78, 5) is 11.1. The number of rotatable bonds is 5. The SMILES string of the molecule is Cc1cc(S(=O)(=O)Cc2ccc(CC(=O)O)cc2)cc2c1OC(C)(C)CC2(C)C. The lowest BCUT2D eigenvalue weighted by molar-refractivity contribution is -0.136. The molecule has 1 heterocycles. The van der Waals surface area contributed by atoms with Gasteiger partial charge in [0.2, 0.25) is 0 Å². The Morgan fingerprint density at radius 3 is 2.24 bits per heavy atom. The quantitative estimate of drug-likeness (QED) is 0.780. The number of aliphatic carboxylic acids is 1. The van der Waals surface area contributed by atoms with Crippen LogP contribution in [-0.2, 0) is 32.2 Å². The van der Waals surface area contributed by atoms with Crippen molar-refractivity contribution in [1.29, 1.82) is 0 Å². The van der Waals surface area contributed by atoms with Crippen molar-refractivity contribution in [3.8, 4) is 5.75 Å². The largest absolute Gasteiger partial charge is 0.487 e. The van der Waals surface area contributed by atoms with Crippen LogP contribution in [0.5, 0.6) is 5.75 Å². The highest BCUT2D eigenvalue weighted by Crippen LogP contribution is 2.47. The summed E-state index contributed by atoms with van der Waals surface area (Å²) < 4.78 is 32.4. The van der Waals surface area contributed by atoms with E-state index in [0.717, 1.165) is 23.3 Å². The van der Waals surface area contributed by atoms with E-state index >= 15 is 0 Å². The van der Waals surface area contributed by atoms with Gasteiger partial charge in [-0.3, -0.25) is 4.79 Å². The highest BCUT2D eigenvalue weighted by atomic mass is 32.2. The molecule has 0 saturated heterocycles. The van der Waals surface area contributed by atoms with Gasteiger partial charge in [0, 0.05) is 5.56 Å². The van der Waals surface area contributed by atoms with Gasteiger partial charge in [-0.1, -0.05) is 38.1 Å². The van der Waals surface area contributed by atoms with E-state index in [0.29, 0.717) is 16.0 Å². The van der Waals surface area contributed by atoms with Crippen molar-refractivity contribution in [1.82, 2.24) is 0 Å². The zero-order valence-electron chi connectivity index (χ0n) is 17.6. The Balaban J connectivity index is 1.94. The minimum Gasteiger partial charge on any atom is -0.487 e. The second-order valence-corrected chi connectivity index (χ2v) is 11.2. The number of hydrogen-bond acceptors (Lipinski definition) is 4. The maximum Gasteiger partial charge on any atom is 0.307 e. The Labute approximate surface area is 172 Å². The predicted octanol–water partition coefficient (Wildman–Crippen LogP) is 4.43. The number of carboxylic acids is 1. The molecular formula is C23H28O5S. The molecule has 0 radical (unpaired) electrons. The highest BCUT2D eigenvalue weighted by molar-refractivity contribution is 7.90. The van der Waals surface area contributed by atoms with Crippen LogP contribution in [0.25, 0.3) is 0 Å². The second-order valence-electron chi connectivity index (χ2n) is 9.19. The van der Waals surface area contributed by atoms with Crippen LogP contribution in [0.1, 0.15) is 56.4 Å². The summed E-state index contributed by atoms with van der Waals surface area (Å²) >= 11 is 0. The van der Waals surface area contributed by atoms with E-state index in [9.17, 15) is 13.2 Å².